The van der Waals surface area contributed by atoms with Crippen LogP contribution in [-0.4, -0.2) is 25.8 Å². The molecule has 1 amide bonds. The maximum Gasteiger partial charge on any atom is 0.275 e. The monoisotopic (exact) mass is 361 g/mol. The van der Waals surface area contributed by atoms with Gasteiger partial charge in [-0.15, -0.1) is 0 Å². The standard InChI is InChI=1S/C20H16FN5O/c1-12-10-23-18(11-22-12)20(27)24-14-6-7-16-17(9-14)26-19(25-16)8-13-4-2-3-5-15(13)21/h2-7,9-11H,8H2,1H3,(H,24,27)(H,25,26). The first-order valence-corrected chi connectivity index (χ1v) is 8.40. The predicted molar refractivity (Wildman–Crippen MR) is 100 cm³/mol. The Morgan fingerprint density at radius 3 is 2.78 bits per heavy atom. The van der Waals surface area contributed by atoms with Crippen LogP contribution in [0.3, 0.4) is 0 Å². The number of benzene rings is 2. The molecule has 0 radical (unpaired) electrons. The lowest BCUT2D eigenvalue weighted by Crippen LogP contribution is -2.14. The highest BCUT2D eigenvalue weighted by Crippen LogP contribution is 2.20. The van der Waals surface area contributed by atoms with Crippen LogP contribution in [0.25, 0.3) is 11.0 Å². The van der Waals surface area contributed by atoms with E-state index in [-0.39, 0.29) is 17.4 Å². The number of aromatic nitrogens is 4. The molecule has 134 valence electrons. The van der Waals surface area contributed by atoms with Crippen LogP contribution in [0.15, 0.2) is 54.9 Å². The van der Waals surface area contributed by atoms with E-state index in [4.69, 9.17) is 0 Å². The average Bonchev–Trinajstić information content (AvgIpc) is 3.06. The van der Waals surface area contributed by atoms with E-state index in [1.54, 1.807) is 49.5 Å². The van der Waals surface area contributed by atoms with Crippen molar-refractivity contribution >= 4 is 22.6 Å². The molecule has 2 aromatic carbocycles. The van der Waals surface area contributed by atoms with Crippen molar-refractivity contribution in [2.75, 3.05) is 5.32 Å². The van der Waals surface area contributed by atoms with Gasteiger partial charge in [-0.3, -0.25) is 9.78 Å². The van der Waals surface area contributed by atoms with Crippen LogP contribution in [0, 0.1) is 12.7 Å². The van der Waals surface area contributed by atoms with Crippen molar-refractivity contribution in [3.63, 3.8) is 0 Å². The molecular formula is C20H16FN5O. The quantitative estimate of drug-likeness (QED) is 0.581. The van der Waals surface area contributed by atoms with Crippen LogP contribution in [0.2, 0.25) is 0 Å². The molecule has 2 aromatic heterocycles. The van der Waals surface area contributed by atoms with Crippen LogP contribution in [0.5, 0.6) is 0 Å². The Labute approximate surface area is 154 Å². The van der Waals surface area contributed by atoms with Crippen LogP contribution < -0.4 is 5.32 Å². The Kier molecular flexibility index (Phi) is 4.33. The summed E-state index contributed by atoms with van der Waals surface area (Å²) in [6.45, 7) is 1.81. The lowest BCUT2D eigenvalue weighted by Gasteiger charge is -2.04. The molecule has 0 saturated heterocycles. The highest BCUT2D eigenvalue weighted by molar-refractivity contribution is 6.03. The number of halogens is 1. The lowest BCUT2D eigenvalue weighted by atomic mass is 10.1. The van der Waals surface area contributed by atoms with Crippen LogP contribution in [-0.2, 0) is 6.42 Å². The molecule has 0 atom stereocenters. The molecule has 0 aliphatic carbocycles. The van der Waals surface area contributed by atoms with Gasteiger partial charge in [-0.05, 0) is 36.8 Å². The van der Waals surface area contributed by atoms with E-state index >= 15 is 0 Å². The van der Waals surface area contributed by atoms with Gasteiger partial charge in [0.2, 0.25) is 0 Å². The summed E-state index contributed by atoms with van der Waals surface area (Å²) >= 11 is 0. The van der Waals surface area contributed by atoms with Crippen molar-refractivity contribution < 1.29 is 9.18 Å². The maximum absolute atomic E-state index is 13.8. The summed E-state index contributed by atoms with van der Waals surface area (Å²) in [6, 6.07) is 12.0. The van der Waals surface area contributed by atoms with Gasteiger partial charge in [0.25, 0.3) is 5.91 Å². The number of imidazole rings is 1. The number of nitrogens with zero attached hydrogens (tertiary/aromatic N) is 3. The van der Waals surface area contributed by atoms with Gasteiger partial charge in [0.1, 0.15) is 17.3 Å². The summed E-state index contributed by atoms with van der Waals surface area (Å²) in [5, 5.41) is 2.79. The number of anilines is 1. The molecule has 2 N–H and O–H groups in total. The third-order valence-electron chi connectivity index (χ3n) is 4.12. The fraction of sp³-hybridized carbons (Fsp3) is 0.100. The minimum Gasteiger partial charge on any atom is -0.342 e. The molecule has 2 heterocycles. The van der Waals surface area contributed by atoms with E-state index < -0.39 is 0 Å². The molecule has 7 heteroatoms. The molecule has 0 saturated carbocycles. The third-order valence-corrected chi connectivity index (χ3v) is 4.12. The number of hydrogen-bond acceptors (Lipinski definition) is 4. The molecule has 0 spiro atoms. The van der Waals surface area contributed by atoms with E-state index in [0.717, 1.165) is 16.7 Å². The Bertz CT molecular complexity index is 1120. The van der Waals surface area contributed by atoms with Crippen LogP contribution >= 0.6 is 0 Å². The fourth-order valence-corrected chi connectivity index (χ4v) is 2.75. The van der Waals surface area contributed by atoms with Crippen molar-refractivity contribution in [3.05, 3.63) is 83.5 Å². The topological polar surface area (TPSA) is 83.6 Å². The number of carbonyl (C=O) groups excluding carboxylic acids is 1. The number of carbonyl (C=O) groups is 1. The van der Waals surface area contributed by atoms with Gasteiger partial charge >= 0.3 is 0 Å². The molecule has 27 heavy (non-hydrogen) atoms. The van der Waals surface area contributed by atoms with Gasteiger partial charge in [0.05, 0.1) is 22.9 Å². The van der Waals surface area contributed by atoms with Gasteiger partial charge in [0, 0.05) is 18.3 Å². The summed E-state index contributed by atoms with van der Waals surface area (Å²) in [7, 11) is 0. The number of rotatable bonds is 4. The van der Waals surface area contributed by atoms with Crippen molar-refractivity contribution in [1.29, 1.82) is 0 Å². The van der Waals surface area contributed by atoms with Crippen molar-refractivity contribution in [2.24, 2.45) is 0 Å². The first-order chi connectivity index (χ1) is 13.1. The Balaban J connectivity index is 1.55. The largest absolute Gasteiger partial charge is 0.342 e. The third kappa shape index (κ3) is 3.67. The molecule has 0 bridgehead atoms. The second kappa shape index (κ2) is 6.95. The molecule has 0 fully saturated rings. The fourth-order valence-electron chi connectivity index (χ4n) is 2.75. The molecule has 0 unspecified atom stereocenters. The number of fused-ring (bicyclic) bond motifs is 1. The van der Waals surface area contributed by atoms with E-state index in [2.05, 4.69) is 25.3 Å². The van der Waals surface area contributed by atoms with Gasteiger partial charge in [0.15, 0.2) is 0 Å². The number of H-pyrrole nitrogens is 1. The minimum atomic E-state index is -0.340. The van der Waals surface area contributed by atoms with Gasteiger partial charge < -0.3 is 10.3 Å². The van der Waals surface area contributed by atoms with Gasteiger partial charge in [-0.1, -0.05) is 18.2 Å². The smallest absolute Gasteiger partial charge is 0.275 e. The zero-order chi connectivity index (χ0) is 18.8. The van der Waals surface area contributed by atoms with Gasteiger partial charge in [-0.25, -0.2) is 14.4 Å². The molecule has 0 aliphatic heterocycles. The highest BCUT2D eigenvalue weighted by atomic mass is 19.1. The van der Waals surface area contributed by atoms with Crippen molar-refractivity contribution in [2.45, 2.75) is 13.3 Å². The summed E-state index contributed by atoms with van der Waals surface area (Å²) < 4.78 is 13.8. The normalized spacial score (nSPS) is 10.9. The van der Waals surface area contributed by atoms with Gasteiger partial charge in [-0.2, -0.15) is 0 Å². The molecule has 0 aliphatic rings. The number of nitrogens with one attached hydrogen (secondary N) is 2. The number of amides is 1. The van der Waals surface area contributed by atoms with E-state index in [9.17, 15) is 9.18 Å². The van der Waals surface area contributed by atoms with Crippen molar-refractivity contribution in [1.82, 2.24) is 19.9 Å². The zero-order valence-electron chi connectivity index (χ0n) is 14.5. The Morgan fingerprint density at radius 2 is 2.00 bits per heavy atom. The molecular weight excluding hydrogens is 345 g/mol. The summed E-state index contributed by atoms with van der Waals surface area (Å²) in [5.74, 6) is 0.0565. The predicted octanol–water partition coefficient (Wildman–Crippen LogP) is 3.64. The minimum absolute atomic E-state index is 0.241. The van der Waals surface area contributed by atoms with Crippen LogP contribution in [0.1, 0.15) is 27.6 Å². The molecule has 4 aromatic rings. The molecule has 4 rings (SSSR count). The first kappa shape index (κ1) is 16.8. The van der Waals surface area contributed by atoms with Crippen LogP contribution in [0.4, 0.5) is 10.1 Å². The van der Waals surface area contributed by atoms with E-state index in [1.807, 2.05) is 0 Å². The summed E-state index contributed by atoms with van der Waals surface area (Å²) in [5.41, 5.74) is 3.67. The maximum atomic E-state index is 13.8. The lowest BCUT2D eigenvalue weighted by molar-refractivity contribution is 0.102. The number of aryl methyl sites for hydroxylation is 1. The Hall–Kier alpha value is -3.61. The van der Waals surface area contributed by atoms with Crippen molar-refractivity contribution in [3.8, 4) is 0 Å². The molecule has 6 nitrogen and oxygen atoms in total. The second-order valence-electron chi connectivity index (χ2n) is 6.18. The second-order valence-corrected chi connectivity index (χ2v) is 6.18. The zero-order valence-corrected chi connectivity index (χ0v) is 14.5. The Morgan fingerprint density at radius 1 is 1.15 bits per heavy atom. The van der Waals surface area contributed by atoms with E-state index in [1.165, 1.54) is 12.3 Å². The van der Waals surface area contributed by atoms with E-state index in [0.29, 0.717) is 23.5 Å². The average molecular weight is 361 g/mol. The highest BCUT2D eigenvalue weighted by Gasteiger charge is 2.11. The SMILES string of the molecule is Cc1cnc(C(=O)Nc2ccc3nc(Cc4ccccc4F)[nH]c3c2)cn1. The first-order valence-electron chi connectivity index (χ1n) is 8.40. The summed E-state index contributed by atoms with van der Waals surface area (Å²) in [4.78, 5) is 28.1. The number of aromatic amines is 1. The summed E-state index contributed by atoms with van der Waals surface area (Å²) in [6.07, 6.45) is 3.34. The number of hydrogen-bond donors (Lipinski definition) is 2.